The van der Waals surface area contributed by atoms with E-state index in [1.807, 2.05) is 0 Å². The minimum atomic E-state index is -1.06. The summed E-state index contributed by atoms with van der Waals surface area (Å²) in [5, 5.41) is 15.0. The van der Waals surface area contributed by atoms with E-state index in [1.165, 1.54) is 4.40 Å². The maximum Gasteiger partial charge on any atom is 0.410 e. The number of carboxylic acids is 1. The van der Waals surface area contributed by atoms with Crippen LogP contribution in [0.1, 0.15) is 10.6 Å². The van der Waals surface area contributed by atoms with Crippen LogP contribution in [0.2, 0.25) is 0 Å². The number of H-pyrrole nitrogens is 1. The van der Waals surface area contributed by atoms with Gasteiger partial charge >= 0.3 is 11.8 Å². The van der Waals surface area contributed by atoms with Gasteiger partial charge in [0, 0.05) is 10.5 Å². The molecule has 5 nitrogen and oxygen atoms in total. The van der Waals surface area contributed by atoms with Crippen molar-refractivity contribution in [3.8, 4) is 0 Å². The van der Waals surface area contributed by atoms with Crippen molar-refractivity contribution in [3.63, 3.8) is 0 Å². The fraction of sp³-hybridized carbons (Fsp3) is 0. The predicted octanol–water partition coefficient (Wildman–Crippen LogP) is 0.609. The summed E-state index contributed by atoms with van der Waals surface area (Å²) in [6.45, 7) is 0. The highest BCUT2D eigenvalue weighted by atomic mass is 79.9. The average Bonchev–Trinajstić information content (AvgIpc) is 2.46. The molecule has 0 saturated heterocycles. The molecule has 2 aromatic heterocycles. The summed E-state index contributed by atoms with van der Waals surface area (Å²) in [6, 6.07) is 3.54. The Bertz CT molecular complexity index is 480. The third kappa shape index (κ3) is 1.29. The number of carboxylic acid groups (broad SMARTS) is 1. The molecule has 0 aromatic carbocycles. The summed E-state index contributed by atoms with van der Waals surface area (Å²) in [5.74, 6) is -1.09. The summed E-state index contributed by atoms with van der Waals surface area (Å²) < 4.78 is 2.26. The van der Waals surface area contributed by atoms with E-state index < -0.39 is 5.97 Å². The molecule has 2 N–H and O–H groups in total. The molecule has 13 heavy (non-hydrogen) atoms. The zero-order chi connectivity index (χ0) is 9.42. The predicted molar refractivity (Wildman–Crippen MR) is 46.4 cm³/mol. The summed E-state index contributed by atoms with van der Waals surface area (Å²) in [5.41, 5.74) is 0.639. The van der Waals surface area contributed by atoms with Crippen LogP contribution in [0.15, 0.2) is 22.8 Å². The number of hydrogen-bond donors (Lipinski definition) is 2. The van der Waals surface area contributed by atoms with E-state index in [-0.39, 0.29) is 5.82 Å². The van der Waals surface area contributed by atoms with Crippen LogP contribution in [0, 0.1) is 0 Å². The van der Waals surface area contributed by atoms with Crippen LogP contribution in [0.5, 0.6) is 0 Å². The topological polar surface area (TPSA) is 70.1 Å². The summed E-state index contributed by atoms with van der Waals surface area (Å²) in [6.07, 6.45) is 1.64. The molecular formula is C7H5BrN3O2+. The standard InChI is InChI=1S/C7H4BrN3O2/c8-4-1-2-5-9-10-6(7(12)13)11(5)3-4/h1-3H,(H,12,13)/p+1. The van der Waals surface area contributed by atoms with Crippen molar-refractivity contribution in [2.75, 3.05) is 0 Å². The van der Waals surface area contributed by atoms with Crippen LogP contribution in [-0.2, 0) is 0 Å². The Hall–Kier alpha value is -1.43. The molecule has 0 saturated carbocycles. The zero-order valence-electron chi connectivity index (χ0n) is 6.36. The number of carbonyl (C=O) groups is 1. The molecule has 2 aromatic rings. The number of halogens is 1. The van der Waals surface area contributed by atoms with Gasteiger partial charge in [-0.3, -0.25) is 0 Å². The molecule has 0 aliphatic carbocycles. The lowest BCUT2D eigenvalue weighted by atomic mass is 10.4. The third-order valence-electron chi connectivity index (χ3n) is 1.61. The van der Waals surface area contributed by atoms with Crippen molar-refractivity contribution >= 4 is 27.5 Å². The van der Waals surface area contributed by atoms with E-state index in [1.54, 1.807) is 18.3 Å². The van der Waals surface area contributed by atoms with Gasteiger partial charge in [0.25, 0.3) is 5.65 Å². The van der Waals surface area contributed by atoms with Crippen LogP contribution in [0.3, 0.4) is 0 Å². The van der Waals surface area contributed by atoms with Gasteiger partial charge in [0.2, 0.25) is 0 Å². The van der Waals surface area contributed by atoms with Crippen LogP contribution in [-0.4, -0.2) is 21.3 Å². The van der Waals surface area contributed by atoms with Gasteiger partial charge in [0.1, 0.15) is 0 Å². The summed E-state index contributed by atoms with van der Waals surface area (Å²) in [4.78, 5) is 10.7. The smallest absolute Gasteiger partial charge is 0.410 e. The molecule has 0 amide bonds. The number of aromatic nitrogens is 3. The number of pyridine rings is 1. The molecule has 0 bridgehead atoms. The van der Waals surface area contributed by atoms with E-state index in [9.17, 15) is 4.79 Å². The molecule has 6 heteroatoms. The van der Waals surface area contributed by atoms with Crippen LogP contribution in [0.4, 0.5) is 0 Å². The highest BCUT2D eigenvalue weighted by Gasteiger charge is 2.20. The van der Waals surface area contributed by atoms with Gasteiger partial charge < -0.3 is 5.11 Å². The number of aromatic amines is 1. The largest absolute Gasteiger partial charge is 0.473 e. The zero-order valence-corrected chi connectivity index (χ0v) is 7.95. The third-order valence-corrected chi connectivity index (χ3v) is 2.08. The second kappa shape index (κ2) is 2.81. The second-order valence-corrected chi connectivity index (χ2v) is 3.37. The monoisotopic (exact) mass is 242 g/mol. The van der Waals surface area contributed by atoms with Gasteiger partial charge in [-0.1, -0.05) is 0 Å². The minimum Gasteiger partial charge on any atom is -0.473 e. The maximum absolute atomic E-state index is 10.7. The van der Waals surface area contributed by atoms with Gasteiger partial charge in [0.05, 0.1) is 11.3 Å². The lowest BCUT2D eigenvalue weighted by Crippen LogP contribution is -2.27. The molecule has 0 aliphatic rings. The first kappa shape index (κ1) is 8.18. The number of hydrogen-bond acceptors (Lipinski definition) is 2. The van der Waals surface area contributed by atoms with Gasteiger partial charge in [0.15, 0.2) is 0 Å². The molecule has 0 radical (unpaired) electrons. The molecular weight excluding hydrogens is 238 g/mol. The van der Waals surface area contributed by atoms with Crippen LogP contribution < -0.4 is 4.40 Å². The molecule has 0 atom stereocenters. The Morgan fingerprint density at radius 1 is 1.62 bits per heavy atom. The van der Waals surface area contributed by atoms with Crippen molar-refractivity contribution in [1.82, 2.24) is 10.2 Å². The van der Waals surface area contributed by atoms with Crippen molar-refractivity contribution < 1.29 is 14.3 Å². The Labute approximate surface area is 81.1 Å². The Morgan fingerprint density at radius 3 is 3.08 bits per heavy atom. The van der Waals surface area contributed by atoms with E-state index >= 15 is 0 Å². The summed E-state index contributed by atoms with van der Waals surface area (Å²) in [7, 11) is 0. The molecule has 0 spiro atoms. The van der Waals surface area contributed by atoms with E-state index in [4.69, 9.17) is 5.11 Å². The number of aromatic carboxylic acids is 1. The van der Waals surface area contributed by atoms with Gasteiger partial charge in [-0.25, -0.2) is 4.79 Å². The fourth-order valence-electron chi connectivity index (χ4n) is 1.06. The van der Waals surface area contributed by atoms with E-state index in [2.05, 4.69) is 26.1 Å². The molecule has 2 rings (SSSR count). The molecule has 66 valence electrons. The van der Waals surface area contributed by atoms with Crippen molar-refractivity contribution in [1.29, 1.82) is 0 Å². The first-order valence-corrected chi connectivity index (χ1v) is 4.26. The molecule has 0 unspecified atom stereocenters. The van der Waals surface area contributed by atoms with Gasteiger partial charge in [-0.2, -0.15) is 4.40 Å². The Morgan fingerprint density at radius 2 is 2.38 bits per heavy atom. The maximum atomic E-state index is 10.7. The highest BCUT2D eigenvalue weighted by molar-refractivity contribution is 9.10. The van der Waals surface area contributed by atoms with E-state index in [0.717, 1.165) is 4.47 Å². The number of nitrogens with zero attached hydrogens (tertiary/aromatic N) is 2. The van der Waals surface area contributed by atoms with E-state index in [0.29, 0.717) is 5.65 Å². The van der Waals surface area contributed by atoms with Crippen molar-refractivity contribution in [3.05, 3.63) is 28.6 Å². The lowest BCUT2D eigenvalue weighted by molar-refractivity contribution is -0.516. The SMILES string of the molecule is O=C(O)c1n[nH]c2ccc(Br)c[n+]12. The molecule has 0 fully saturated rings. The first-order chi connectivity index (χ1) is 6.18. The van der Waals surface area contributed by atoms with Crippen molar-refractivity contribution in [2.45, 2.75) is 0 Å². The molecule has 2 heterocycles. The fourth-order valence-corrected chi connectivity index (χ4v) is 1.39. The van der Waals surface area contributed by atoms with Crippen molar-refractivity contribution in [2.24, 2.45) is 0 Å². The first-order valence-electron chi connectivity index (χ1n) is 3.47. The number of rotatable bonds is 1. The Kier molecular flexibility index (Phi) is 1.77. The average molecular weight is 243 g/mol. The normalized spacial score (nSPS) is 10.5. The number of fused-ring (bicyclic) bond motifs is 1. The number of nitrogens with one attached hydrogen (secondary N) is 1. The Balaban J connectivity index is 2.79. The lowest BCUT2D eigenvalue weighted by Gasteiger charge is -1.88. The quantitative estimate of drug-likeness (QED) is 0.721. The summed E-state index contributed by atoms with van der Waals surface area (Å²) >= 11 is 3.24. The highest BCUT2D eigenvalue weighted by Crippen LogP contribution is 2.06. The molecule has 0 aliphatic heterocycles. The second-order valence-electron chi connectivity index (χ2n) is 2.45. The minimum absolute atomic E-state index is 0.0312. The van der Waals surface area contributed by atoms with Gasteiger partial charge in [-0.15, -0.1) is 5.10 Å². The van der Waals surface area contributed by atoms with Gasteiger partial charge in [-0.05, 0) is 22.0 Å². The van der Waals surface area contributed by atoms with Crippen LogP contribution >= 0.6 is 15.9 Å². The van der Waals surface area contributed by atoms with Crippen LogP contribution in [0.25, 0.3) is 5.65 Å².